The summed E-state index contributed by atoms with van der Waals surface area (Å²) >= 11 is 5.52. The van der Waals surface area contributed by atoms with Gasteiger partial charge in [-0.05, 0) is 39.2 Å². The van der Waals surface area contributed by atoms with E-state index in [0.29, 0.717) is 23.9 Å². The van der Waals surface area contributed by atoms with E-state index in [0.717, 1.165) is 19.6 Å². The van der Waals surface area contributed by atoms with E-state index in [2.05, 4.69) is 65.3 Å². The van der Waals surface area contributed by atoms with Gasteiger partial charge in [-0.25, -0.2) is 0 Å². The Morgan fingerprint density at radius 1 is 1.37 bits per heavy atom. The zero-order chi connectivity index (χ0) is 14.0. The van der Waals surface area contributed by atoms with Gasteiger partial charge in [0, 0.05) is 41.1 Å². The van der Waals surface area contributed by atoms with Gasteiger partial charge in [0.15, 0.2) is 0 Å². The van der Waals surface area contributed by atoms with Gasteiger partial charge in [-0.15, -0.1) is 11.3 Å². The molecule has 1 saturated heterocycles. The number of rotatable bonds is 4. The minimum Gasteiger partial charge on any atom is -0.311 e. The van der Waals surface area contributed by atoms with Crippen molar-refractivity contribution in [1.82, 2.24) is 10.2 Å². The van der Waals surface area contributed by atoms with Crippen LogP contribution in [0.25, 0.3) is 0 Å². The first-order chi connectivity index (χ1) is 8.99. The lowest BCUT2D eigenvalue weighted by atomic mass is 9.94. The van der Waals surface area contributed by atoms with E-state index in [4.69, 9.17) is 0 Å². The lowest BCUT2D eigenvalue weighted by Crippen LogP contribution is -2.59. The zero-order valence-electron chi connectivity index (χ0n) is 12.3. The van der Waals surface area contributed by atoms with Crippen molar-refractivity contribution in [2.45, 2.75) is 46.3 Å². The molecule has 0 amide bonds. The fourth-order valence-corrected chi connectivity index (χ4v) is 4.26. The van der Waals surface area contributed by atoms with Crippen LogP contribution in [0.2, 0.25) is 0 Å². The molecule has 2 atom stereocenters. The summed E-state index contributed by atoms with van der Waals surface area (Å²) in [6, 6.07) is 3.42. The smallest absolute Gasteiger partial charge is 0.0343 e. The van der Waals surface area contributed by atoms with Crippen LogP contribution in [-0.4, -0.2) is 30.1 Å². The molecule has 1 aliphatic rings. The highest BCUT2D eigenvalue weighted by atomic mass is 79.9. The molecule has 2 nitrogen and oxygen atoms in total. The first-order valence-corrected chi connectivity index (χ1v) is 8.85. The summed E-state index contributed by atoms with van der Waals surface area (Å²) in [4.78, 5) is 4.12. The molecular formula is C15H25BrN2S. The number of piperazine rings is 1. The summed E-state index contributed by atoms with van der Waals surface area (Å²) < 4.78 is 1.26. The fraction of sp³-hybridized carbons (Fsp3) is 0.733. The van der Waals surface area contributed by atoms with Crippen molar-refractivity contribution in [2.24, 2.45) is 11.8 Å². The van der Waals surface area contributed by atoms with Gasteiger partial charge in [-0.1, -0.05) is 27.7 Å². The standard InChI is InChI=1S/C15H25BrN2S/c1-10(2)13-8-18(14(7-17-13)11(3)4)9-15-12(16)5-6-19-15/h5-6,10-11,13-14,17H,7-9H2,1-4H3. The highest BCUT2D eigenvalue weighted by Crippen LogP contribution is 2.27. The van der Waals surface area contributed by atoms with Crippen molar-refractivity contribution in [3.05, 3.63) is 20.8 Å². The highest BCUT2D eigenvalue weighted by Gasteiger charge is 2.31. The van der Waals surface area contributed by atoms with Gasteiger partial charge in [0.2, 0.25) is 0 Å². The number of nitrogens with zero attached hydrogens (tertiary/aromatic N) is 1. The second-order valence-electron chi connectivity index (χ2n) is 6.19. The van der Waals surface area contributed by atoms with Crippen LogP contribution >= 0.6 is 27.3 Å². The van der Waals surface area contributed by atoms with E-state index < -0.39 is 0 Å². The highest BCUT2D eigenvalue weighted by molar-refractivity contribution is 9.10. The molecule has 19 heavy (non-hydrogen) atoms. The summed E-state index contributed by atoms with van der Waals surface area (Å²) in [5.41, 5.74) is 0. The lowest BCUT2D eigenvalue weighted by Gasteiger charge is -2.43. The summed E-state index contributed by atoms with van der Waals surface area (Å²) in [6.07, 6.45) is 0. The first kappa shape index (κ1) is 15.5. The van der Waals surface area contributed by atoms with E-state index in [-0.39, 0.29) is 0 Å². The predicted molar refractivity (Wildman–Crippen MR) is 87.7 cm³/mol. The zero-order valence-corrected chi connectivity index (χ0v) is 14.7. The topological polar surface area (TPSA) is 15.3 Å². The minimum absolute atomic E-state index is 0.619. The van der Waals surface area contributed by atoms with Gasteiger partial charge >= 0.3 is 0 Å². The van der Waals surface area contributed by atoms with Gasteiger partial charge in [-0.3, -0.25) is 4.90 Å². The molecule has 2 unspecified atom stereocenters. The van der Waals surface area contributed by atoms with Crippen molar-refractivity contribution in [3.63, 3.8) is 0 Å². The van der Waals surface area contributed by atoms with Crippen LogP contribution in [0.5, 0.6) is 0 Å². The number of halogens is 1. The summed E-state index contributed by atoms with van der Waals surface area (Å²) in [5.74, 6) is 1.39. The molecule has 0 saturated carbocycles. The maximum atomic E-state index is 3.72. The van der Waals surface area contributed by atoms with Crippen molar-refractivity contribution >= 4 is 27.3 Å². The third-order valence-electron chi connectivity index (χ3n) is 4.10. The van der Waals surface area contributed by atoms with Crippen molar-refractivity contribution in [3.8, 4) is 0 Å². The maximum absolute atomic E-state index is 3.72. The molecule has 2 heterocycles. The largest absolute Gasteiger partial charge is 0.311 e. The predicted octanol–water partition coefficient (Wildman–Crippen LogP) is 3.97. The van der Waals surface area contributed by atoms with Gasteiger partial charge in [-0.2, -0.15) is 0 Å². The number of nitrogens with one attached hydrogen (secondary N) is 1. The Morgan fingerprint density at radius 2 is 2.11 bits per heavy atom. The Hall–Kier alpha value is 0.1000. The average Bonchev–Trinajstić information content (AvgIpc) is 2.74. The summed E-state index contributed by atoms with van der Waals surface area (Å²) in [7, 11) is 0. The number of hydrogen-bond donors (Lipinski definition) is 1. The molecule has 2 rings (SSSR count). The van der Waals surface area contributed by atoms with Gasteiger partial charge in [0.1, 0.15) is 0 Å². The third-order valence-corrected chi connectivity index (χ3v) is 6.01. The second-order valence-corrected chi connectivity index (χ2v) is 8.05. The summed E-state index contributed by atoms with van der Waals surface area (Å²) in [6.45, 7) is 12.6. The maximum Gasteiger partial charge on any atom is 0.0343 e. The fourth-order valence-electron chi connectivity index (χ4n) is 2.76. The molecule has 0 bridgehead atoms. The molecule has 0 radical (unpaired) electrons. The van der Waals surface area contributed by atoms with Crippen LogP contribution in [0.1, 0.15) is 32.6 Å². The quantitative estimate of drug-likeness (QED) is 0.888. The average molecular weight is 345 g/mol. The van der Waals surface area contributed by atoms with Gasteiger partial charge < -0.3 is 5.32 Å². The Morgan fingerprint density at radius 3 is 2.63 bits per heavy atom. The van der Waals surface area contributed by atoms with Crippen LogP contribution in [0.15, 0.2) is 15.9 Å². The van der Waals surface area contributed by atoms with Crippen LogP contribution in [-0.2, 0) is 6.54 Å². The molecule has 108 valence electrons. The molecule has 1 aromatic rings. The SMILES string of the molecule is CC(C)C1CN(Cc2sccc2Br)C(C(C)C)CN1. The Labute approximate surface area is 129 Å². The van der Waals surface area contributed by atoms with Crippen LogP contribution < -0.4 is 5.32 Å². The van der Waals surface area contributed by atoms with E-state index in [9.17, 15) is 0 Å². The van der Waals surface area contributed by atoms with Crippen LogP contribution in [0.4, 0.5) is 0 Å². The van der Waals surface area contributed by atoms with Crippen molar-refractivity contribution in [2.75, 3.05) is 13.1 Å². The van der Waals surface area contributed by atoms with E-state index in [1.807, 2.05) is 11.3 Å². The Kier molecular flexibility index (Phi) is 5.46. The number of hydrogen-bond acceptors (Lipinski definition) is 3. The minimum atomic E-state index is 0.619. The monoisotopic (exact) mass is 344 g/mol. The molecule has 0 spiro atoms. The molecule has 4 heteroatoms. The van der Waals surface area contributed by atoms with Crippen molar-refractivity contribution < 1.29 is 0 Å². The molecule has 1 fully saturated rings. The molecule has 0 aliphatic carbocycles. The molecule has 1 N–H and O–H groups in total. The van der Waals surface area contributed by atoms with E-state index in [1.54, 1.807) is 0 Å². The van der Waals surface area contributed by atoms with Crippen LogP contribution in [0, 0.1) is 11.8 Å². The van der Waals surface area contributed by atoms with E-state index in [1.165, 1.54) is 9.35 Å². The molecule has 0 aromatic carbocycles. The van der Waals surface area contributed by atoms with Crippen molar-refractivity contribution in [1.29, 1.82) is 0 Å². The van der Waals surface area contributed by atoms with E-state index >= 15 is 0 Å². The second kappa shape index (κ2) is 6.70. The normalized spacial score (nSPS) is 25.4. The third kappa shape index (κ3) is 3.81. The number of thiophene rings is 1. The Balaban J connectivity index is 2.09. The van der Waals surface area contributed by atoms with Gasteiger partial charge in [0.25, 0.3) is 0 Å². The van der Waals surface area contributed by atoms with Gasteiger partial charge in [0.05, 0.1) is 0 Å². The molecule has 1 aromatic heterocycles. The molecular weight excluding hydrogens is 320 g/mol. The summed E-state index contributed by atoms with van der Waals surface area (Å²) in [5, 5.41) is 5.90. The molecule has 1 aliphatic heterocycles. The van der Waals surface area contributed by atoms with Crippen LogP contribution in [0.3, 0.4) is 0 Å². The lowest BCUT2D eigenvalue weighted by molar-refractivity contribution is 0.0791. The first-order valence-electron chi connectivity index (χ1n) is 7.18. The Bertz CT molecular complexity index is 403.